The van der Waals surface area contributed by atoms with Gasteiger partial charge in [0.15, 0.2) is 0 Å². The number of nitriles is 1. The number of rotatable bonds is 1. The van der Waals surface area contributed by atoms with Gasteiger partial charge < -0.3 is 0 Å². The van der Waals surface area contributed by atoms with Crippen LogP contribution in [0, 0.1) is 16.7 Å². The van der Waals surface area contributed by atoms with Crippen LogP contribution in [0.3, 0.4) is 0 Å². The van der Waals surface area contributed by atoms with Gasteiger partial charge in [-0.05, 0) is 31.0 Å². The fourth-order valence-electron chi connectivity index (χ4n) is 3.42. The summed E-state index contributed by atoms with van der Waals surface area (Å²) in [6.07, 6.45) is 4.95. The topological polar surface area (TPSA) is 61.2 Å². The van der Waals surface area contributed by atoms with Crippen molar-refractivity contribution < 1.29 is 9.59 Å². The average molecular weight is 303 g/mol. The summed E-state index contributed by atoms with van der Waals surface area (Å²) >= 11 is 6.15. The third-order valence-corrected chi connectivity index (χ3v) is 4.83. The Morgan fingerprint density at radius 3 is 2.52 bits per heavy atom. The van der Waals surface area contributed by atoms with E-state index in [2.05, 4.69) is 0 Å². The molecule has 1 aliphatic carbocycles. The van der Waals surface area contributed by atoms with E-state index >= 15 is 0 Å². The zero-order valence-corrected chi connectivity index (χ0v) is 12.3. The van der Waals surface area contributed by atoms with Crippen LogP contribution in [-0.2, 0) is 9.59 Å². The maximum atomic E-state index is 12.8. The van der Waals surface area contributed by atoms with E-state index in [1.807, 2.05) is 6.07 Å². The molecule has 1 aliphatic heterocycles. The molecule has 2 fully saturated rings. The lowest BCUT2D eigenvalue weighted by atomic mass is 9.73. The molecule has 1 aromatic carbocycles. The maximum absolute atomic E-state index is 12.8. The molecule has 0 unspecified atom stereocenters. The monoisotopic (exact) mass is 302 g/mol. The zero-order chi connectivity index (χ0) is 15.0. The Kier molecular flexibility index (Phi) is 3.46. The van der Waals surface area contributed by atoms with Crippen LogP contribution in [0.4, 0.5) is 5.69 Å². The van der Waals surface area contributed by atoms with E-state index in [-0.39, 0.29) is 23.3 Å². The predicted octanol–water partition coefficient (Wildman–Crippen LogP) is 3.43. The SMILES string of the molecule is N#Cc1ccc(N2C(=O)CC3(CCCCC3)C2=O)c(Cl)c1. The lowest BCUT2D eigenvalue weighted by Crippen LogP contribution is -2.37. The molecule has 21 heavy (non-hydrogen) atoms. The first-order valence-electron chi connectivity index (χ1n) is 7.14. The van der Waals surface area contributed by atoms with Crippen LogP contribution in [0.2, 0.25) is 5.02 Å². The molecule has 1 spiro atoms. The lowest BCUT2D eigenvalue weighted by Gasteiger charge is -2.30. The summed E-state index contributed by atoms with van der Waals surface area (Å²) in [5.41, 5.74) is 0.287. The van der Waals surface area contributed by atoms with Gasteiger partial charge in [0.05, 0.1) is 27.8 Å². The third-order valence-electron chi connectivity index (χ3n) is 4.52. The number of carbonyl (C=O) groups is 2. The Morgan fingerprint density at radius 2 is 1.90 bits per heavy atom. The van der Waals surface area contributed by atoms with Crippen LogP contribution >= 0.6 is 11.6 Å². The van der Waals surface area contributed by atoms with Crippen molar-refractivity contribution in [1.82, 2.24) is 0 Å². The first-order chi connectivity index (χ1) is 10.1. The Morgan fingerprint density at radius 1 is 1.19 bits per heavy atom. The van der Waals surface area contributed by atoms with Crippen molar-refractivity contribution in [2.45, 2.75) is 38.5 Å². The highest BCUT2D eigenvalue weighted by atomic mass is 35.5. The third kappa shape index (κ3) is 2.22. The summed E-state index contributed by atoms with van der Waals surface area (Å²) in [7, 11) is 0. The minimum Gasteiger partial charge on any atom is -0.274 e. The molecule has 3 rings (SSSR count). The van der Waals surface area contributed by atoms with Gasteiger partial charge >= 0.3 is 0 Å². The van der Waals surface area contributed by atoms with Crippen LogP contribution in [0.1, 0.15) is 44.1 Å². The minimum atomic E-state index is -0.521. The van der Waals surface area contributed by atoms with Gasteiger partial charge in [-0.3, -0.25) is 9.59 Å². The average Bonchev–Trinajstić information content (AvgIpc) is 2.71. The van der Waals surface area contributed by atoms with E-state index in [0.29, 0.717) is 11.3 Å². The number of imide groups is 1. The molecule has 2 aliphatic rings. The highest BCUT2D eigenvalue weighted by Crippen LogP contribution is 2.47. The van der Waals surface area contributed by atoms with E-state index < -0.39 is 5.41 Å². The van der Waals surface area contributed by atoms with Crippen molar-refractivity contribution in [3.05, 3.63) is 28.8 Å². The highest BCUT2D eigenvalue weighted by Gasteiger charge is 2.52. The van der Waals surface area contributed by atoms with Crippen molar-refractivity contribution >= 4 is 29.1 Å². The number of benzene rings is 1. The molecule has 0 aromatic heterocycles. The normalized spacial score (nSPS) is 20.9. The molecule has 4 nitrogen and oxygen atoms in total. The fourth-order valence-corrected chi connectivity index (χ4v) is 3.68. The highest BCUT2D eigenvalue weighted by molar-refractivity contribution is 6.36. The standard InChI is InChI=1S/C16H15ClN2O2/c17-12-8-11(10-18)4-5-13(12)19-14(20)9-16(15(19)21)6-2-1-3-7-16/h4-5,8H,1-3,6-7,9H2. The van der Waals surface area contributed by atoms with E-state index in [1.165, 1.54) is 11.0 Å². The molecule has 2 amide bonds. The molecule has 1 saturated carbocycles. The van der Waals surface area contributed by atoms with Gasteiger partial charge in [-0.25, -0.2) is 4.90 Å². The molecule has 5 heteroatoms. The molecule has 1 heterocycles. The van der Waals surface area contributed by atoms with Gasteiger partial charge in [0, 0.05) is 6.42 Å². The molecule has 0 bridgehead atoms. The number of hydrogen-bond donors (Lipinski definition) is 0. The second-order valence-electron chi connectivity index (χ2n) is 5.83. The largest absolute Gasteiger partial charge is 0.274 e. The second-order valence-corrected chi connectivity index (χ2v) is 6.24. The van der Waals surface area contributed by atoms with E-state index in [4.69, 9.17) is 16.9 Å². The summed E-state index contributed by atoms with van der Waals surface area (Å²) in [6.45, 7) is 0. The Hall–Kier alpha value is -1.86. The molecule has 0 N–H and O–H groups in total. The summed E-state index contributed by atoms with van der Waals surface area (Å²) in [6, 6.07) is 6.64. The molecular formula is C16H15ClN2O2. The summed E-state index contributed by atoms with van der Waals surface area (Å²) in [5, 5.41) is 9.13. The van der Waals surface area contributed by atoms with E-state index in [1.54, 1.807) is 12.1 Å². The molecule has 1 aromatic rings. The van der Waals surface area contributed by atoms with Gasteiger partial charge in [-0.15, -0.1) is 0 Å². The van der Waals surface area contributed by atoms with E-state index in [0.717, 1.165) is 32.1 Å². The Labute approximate surface area is 128 Å². The Bertz CT molecular complexity index is 657. The first-order valence-corrected chi connectivity index (χ1v) is 7.52. The lowest BCUT2D eigenvalue weighted by molar-refractivity contribution is -0.127. The quantitative estimate of drug-likeness (QED) is 0.747. The molecular weight excluding hydrogens is 288 g/mol. The number of amides is 2. The van der Waals surface area contributed by atoms with Gasteiger partial charge in [0.25, 0.3) is 0 Å². The summed E-state index contributed by atoms with van der Waals surface area (Å²) in [4.78, 5) is 26.3. The first kappa shape index (κ1) is 14.1. The zero-order valence-electron chi connectivity index (χ0n) is 11.6. The number of hydrogen-bond acceptors (Lipinski definition) is 3. The molecule has 108 valence electrons. The van der Waals surface area contributed by atoms with E-state index in [9.17, 15) is 9.59 Å². The van der Waals surface area contributed by atoms with Crippen molar-refractivity contribution in [3.63, 3.8) is 0 Å². The van der Waals surface area contributed by atoms with Crippen LogP contribution in [-0.4, -0.2) is 11.8 Å². The second kappa shape index (κ2) is 5.16. The minimum absolute atomic E-state index is 0.126. The molecule has 0 radical (unpaired) electrons. The Balaban J connectivity index is 1.98. The number of anilines is 1. The smallest absolute Gasteiger partial charge is 0.240 e. The van der Waals surface area contributed by atoms with Crippen molar-refractivity contribution in [1.29, 1.82) is 5.26 Å². The van der Waals surface area contributed by atoms with Gasteiger partial charge in [-0.2, -0.15) is 5.26 Å². The number of halogens is 1. The summed E-state index contributed by atoms with van der Waals surface area (Å²) < 4.78 is 0. The van der Waals surface area contributed by atoms with Crippen LogP contribution < -0.4 is 4.90 Å². The van der Waals surface area contributed by atoms with Gasteiger partial charge in [0.2, 0.25) is 11.8 Å². The van der Waals surface area contributed by atoms with Crippen LogP contribution in [0.15, 0.2) is 18.2 Å². The van der Waals surface area contributed by atoms with Crippen LogP contribution in [0.25, 0.3) is 0 Å². The van der Waals surface area contributed by atoms with Crippen molar-refractivity contribution in [2.75, 3.05) is 4.90 Å². The molecule has 0 atom stereocenters. The molecule has 1 saturated heterocycles. The van der Waals surface area contributed by atoms with Crippen molar-refractivity contribution in [2.24, 2.45) is 5.41 Å². The van der Waals surface area contributed by atoms with Gasteiger partial charge in [-0.1, -0.05) is 30.9 Å². The van der Waals surface area contributed by atoms with Crippen molar-refractivity contribution in [3.8, 4) is 6.07 Å². The van der Waals surface area contributed by atoms with Gasteiger partial charge in [0.1, 0.15) is 0 Å². The summed E-state index contributed by atoms with van der Waals surface area (Å²) in [5.74, 6) is -0.313. The predicted molar refractivity (Wildman–Crippen MR) is 78.8 cm³/mol. The fraction of sp³-hybridized carbons (Fsp3) is 0.438. The maximum Gasteiger partial charge on any atom is 0.240 e. The van der Waals surface area contributed by atoms with Crippen LogP contribution in [0.5, 0.6) is 0 Å². The number of nitrogens with zero attached hydrogens (tertiary/aromatic N) is 2. The number of carbonyl (C=O) groups excluding carboxylic acids is 2.